The minimum Gasteiger partial charge on any atom is -0.387 e. The van der Waals surface area contributed by atoms with Gasteiger partial charge in [-0.25, -0.2) is 0 Å². The number of nitrogens with zero attached hydrogens (tertiary/aromatic N) is 1. The van der Waals surface area contributed by atoms with Gasteiger partial charge in [-0.3, -0.25) is 0 Å². The Labute approximate surface area is 109 Å². The van der Waals surface area contributed by atoms with Crippen molar-refractivity contribution in [2.24, 2.45) is 5.41 Å². The average molecular weight is 296 g/mol. The van der Waals surface area contributed by atoms with Crippen molar-refractivity contribution in [2.45, 2.75) is 18.9 Å². The summed E-state index contributed by atoms with van der Waals surface area (Å²) >= 11 is 3.35. The molecule has 0 bridgehead atoms. The van der Waals surface area contributed by atoms with Crippen LogP contribution in [-0.4, -0.2) is 18.3 Å². The first-order chi connectivity index (χ1) is 8.18. The van der Waals surface area contributed by atoms with E-state index in [1.807, 2.05) is 24.3 Å². The van der Waals surface area contributed by atoms with Crippen LogP contribution in [0.5, 0.6) is 0 Å². The summed E-state index contributed by atoms with van der Waals surface area (Å²) in [4.78, 5) is 0. The molecule has 3 nitrogen and oxygen atoms in total. The van der Waals surface area contributed by atoms with Crippen molar-refractivity contribution in [3.63, 3.8) is 0 Å². The second-order valence-corrected chi connectivity index (χ2v) is 5.25. The Morgan fingerprint density at radius 1 is 1.29 bits per heavy atom. The molecular weight excluding hydrogens is 282 g/mol. The highest BCUT2D eigenvalue weighted by atomic mass is 79.9. The van der Waals surface area contributed by atoms with Crippen LogP contribution in [0.1, 0.15) is 24.5 Å². The van der Waals surface area contributed by atoms with Gasteiger partial charge in [-0.05, 0) is 30.5 Å². The Morgan fingerprint density at radius 3 is 2.41 bits per heavy atom. The van der Waals surface area contributed by atoms with Crippen LogP contribution in [0.4, 0.5) is 0 Å². The molecule has 1 aromatic rings. The van der Waals surface area contributed by atoms with Crippen molar-refractivity contribution in [2.75, 3.05) is 13.2 Å². The number of hydrogen-bond donors (Lipinski definition) is 1. The molecule has 0 spiro atoms. The van der Waals surface area contributed by atoms with Gasteiger partial charge in [0.1, 0.15) is 0 Å². The van der Waals surface area contributed by atoms with Gasteiger partial charge in [0.25, 0.3) is 0 Å². The molecule has 17 heavy (non-hydrogen) atoms. The quantitative estimate of drug-likeness (QED) is 0.913. The van der Waals surface area contributed by atoms with Crippen molar-refractivity contribution in [3.8, 4) is 6.07 Å². The highest BCUT2D eigenvalue weighted by Crippen LogP contribution is 2.42. The summed E-state index contributed by atoms with van der Waals surface area (Å²) in [6.07, 6.45) is 0.422. The van der Waals surface area contributed by atoms with Gasteiger partial charge < -0.3 is 9.84 Å². The first-order valence-corrected chi connectivity index (χ1v) is 6.40. The molecule has 0 aliphatic carbocycles. The van der Waals surface area contributed by atoms with Gasteiger partial charge in [-0.1, -0.05) is 28.1 Å². The van der Waals surface area contributed by atoms with E-state index in [2.05, 4.69) is 22.0 Å². The Hall–Kier alpha value is -0.890. The molecule has 1 aliphatic heterocycles. The number of ether oxygens (including phenoxy) is 1. The van der Waals surface area contributed by atoms with E-state index >= 15 is 0 Å². The standard InChI is InChI=1S/C13H14BrNO2/c14-11-3-1-10(2-4-11)12(16)13(9-15)5-7-17-8-6-13/h1-4,12,16H,5-8H2. The van der Waals surface area contributed by atoms with Gasteiger partial charge in [-0.15, -0.1) is 0 Å². The third-order valence-corrected chi connectivity index (χ3v) is 3.85. The lowest BCUT2D eigenvalue weighted by Crippen LogP contribution is -2.34. The zero-order valence-electron chi connectivity index (χ0n) is 9.40. The van der Waals surface area contributed by atoms with E-state index in [9.17, 15) is 10.4 Å². The highest BCUT2D eigenvalue weighted by molar-refractivity contribution is 9.10. The molecule has 1 heterocycles. The number of aliphatic hydroxyl groups is 1. The van der Waals surface area contributed by atoms with Crippen molar-refractivity contribution in [3.05, 3.63) is 34.3 Å². The monoisotopic (exact) mass is 295 g/mol. The third kappa shape index (κ3) is 2.52. The maximum atomic E-state index is 10.4. The summed E-state index contributed by atoms with van der Waals surface area (Å²) in [5.41, 5.74) is 0.0863. The number of hydrogen-bond acceptors (Lipinski definition) is 3. The van der Waals surface area contributed by atoms with E-state index in [1.54, 1.807) is 0 Å². The molecule has 1 N–H and O–H groups in total. The molecule has 90 valence electrons. The van der Waals surface area contributed by atoms with Crippen molar-refractivity contribution < 1.29 is 9.84 Å². The molecule has 0 amide bonds. The number of benzene rings is 1. The second kappa shape index (κ2) is 5.18. The molecule has 0 radical (unpaired) electrons. The molecule has 1 unspecified atom stereocenters. The number of nitriles is 1. The van der Waals surface area contributed by atoms with Crippen molar-refractivity contribution >= 4 is 15.9 Å². The first kappa shape index (κ1) is 12.6. The molecule has 4 heteroatoms. The fourth-order valence-electron chi connectivity index (χ4n) is 2.15. The number of aliphatic hydroxyl groups excluding tert-OH is 1. The van der Waals surface area contributed by atoms with E-state index in [4.69, 9.17) is 4.74 Å². The maximum Gasteiger partial charge on any atom is 0.0978 e. The van der Waals surface area contributed by atoms with Crippen LogP contribution in [0.2, 0.25) is 0 Å². The Bertz CT molecular complexity index is 418. The van der Waals surface area contributed by atoms with Gasteiger partial charge in [0.05, 0.1) is 17.6 Å². The molecule has 1 aliphatic rings. The second-order valence-electron chi connectivity index (χ2n) is 4.33. The highest BCUT2D eigenvalue weighted by Gasteiger charge is 2.40. The average Bonchev–Trinajstić information content (AvgIpc) is 2.39. The van der Waals surface area contributed by atoms with Crippen LogP contribution >= 0.6 is 15.9 Å². The molecule has 1 fully saturated rings. The fourth-order valence-corrected chi connectivity index (χ4v) is 2.41. The van der Waals surface area contributed by atoms with Crippen LogP contribution in [0.15, 0.2) is 28.7 Å². The number of rotatable bonds is 2. The predicted octanol–water partition coefficient (Wildman–Crippen LogP) is 2.80. The maximum absolute atomic E-state index is 10.4. The van der Waals surface area contributed by atoms with E-state index in [1.165, 1.54) is 0 Å². The van der Waals surface area contributed by atoms with Crippen LogP contribution in [0.25, 0.3) is 0 Å². The van der Waals surface area contributed by atoms with E-state index in [0.29, 0.717) is 26.1 Å². The fraction of sp³-hybridized carbons (Fsp3) is 0.462. The van der Waals surface area contributed by atoms with E-state index < -0.39 is 11.5 Å². The minimum absolute atomic E-state index is 0.543. The first-order valence-electron chi connectivity index (χ1n) is 5.60. The van der Waals surface area contributed by atoms with Gasteiger partial charge >= 0.3 is 0 Å². The van der Waals surface area contributed by atoms with E-state index in [-0.39, 0.29) is 0 Å². The zero-order chi connectivity index (χ0) is 12.3. The van der Waals surface area contributed by atoms with Crippen molar-refractivity contribution in [1.29, 1.82) is 5.26 Å². The molecular formula is C13H14BrNO2. The Morgan fingerprint density at radius 2 is 1.88 bits per heavy atom. The van der Waals surface area contributed by atoms with Crippen molar-refractivity contribution in [1.82, 2.24) is 0 Å². The summed E-state index contributed by atoms with van der Waals surface area (Å²) in [5.74, 6) is 0. The van der Waals surface area contributed by atoms with Gasteiger partial charge in [0.2, 0.25) is 0 Å². The van der Waals surface area contributed by atoms with Crippen LogP contribution in [0, 0.1) is 16.7 Å². The lowest BCUT2D eigenvalue weighted by Gasteiger charge is -2.35. The van der Waals surface area contributed by atoms with Crippen LogP contribution in [0.3, 0.4) is 0 Å². The number of halogens is 1. The van der Waals surface area contributed by atoms with Crippen LogP contribution < -0.4 is 0 Å². The predicted molar refractivity (Wildman–Crippen MR) is 67.2 cm³/mol. The zero-order valence-corrected chi connectivity index (χ0v) is 11.0. The molecule has 1 atom stereocenters. The van der Waals surface area contributed by atoms with Gasteiger partial charge in [0.15, 0.2) is 0 Å². The van der Waals surface area contributed by atoms with Gasteiger partial charge in [-0.2, -0.15) is 5.26 Å². The molecule has 1 aromatic carbocycles. The molecule has 2 rings (SSSR count). The molecule has 0 saturated carbocycles. The lowest BCUT2D eigenvalue weighted by atomic mass is 9.74. The Balaban J connectivity index is 2.25. The Kier molecular flexibility index (Phi) is 3.82. The van der Waals surface area contributed by atoms with E-state index in [0.717, 1.165) is 10.0 Å². The lowest BCUT2D eigenvalue weighted by molar-refractivity contribution is -0.0310. The summed E-state index contributed by atoms with van der Waals surface area (Å²) < 4.78 is 6.23. The summed E-state index contributed by atoms with van der Waals surface area (Å²) in [6, 6.07) is 9.75. The normalized spacial score (nSPS) is 20.5. The summed E-state index contributed by atoms with van der Waals surface area (Å²) in [6.45, 7) is 1.09. The minimum atomic E-state index is -0.746. The SMILES string of the molecule is N#CC1(C(O)c2ccc(Br)cc2)CCOCC1. The van der Waals surface area contributed by atoms with Gasteiger partial charge in [0, 0.05) is 17.7 Å². The topological polar surface area (TPSA) is 53.2 Å². The summed E-state index contributed by atoms with van der Waals surface area (Å²) in [7, 11) is 0. The largest absolute Gasteiger partial charge is 0.387 e. The summed E-state index contributed by atoms with van der Waals surface area (Å²) in [5, 5.41) is 19.7. The molecule has 1 saturated heterocycles. The third-order valence-electron chi connectivity index (χ3n) is 3.32. The smallest absolute Gasteiger partial charge is 0.0978 e. The van der Waals surface area contributed by atoms with Crippen LogP contribution in [-0.2, 0) is 4.74 Å². The molecule has 0 aromatic heterocycles.